The molecule has 174 valence electrons. The van der Waals surface area contributed by atoms with Crippen LogP contribution in [-0.4, -0.2) is 37.7 Å². The topological polar surface area (TPSA) is 93.8 Å². The number of hydrogen-bond acceptors (Lipinski definition) is 4. The van der Waals surface area contributed by atoms with Gasteiger partial charge in [0.25, 0.3) is 11.8 Å². The minimum absolute atomic E-state index is 0.166. The van der Waals surface area contributed by atoms with E-state index < -0.39 is 0 Å². The summed E-state index contributed by atoms with van der Waals surface area (Å²) in [7, 11) is 0. The number of nitrogens with one attached hydrogen (secondary N) is 2. The van der Waals surface area contributed by atoms with Crippen LogP contribution in [0.2, 0.25) is 0 Å². The molecule has 0 unspecified atom stereocenters. The Morgan fingerprint density at radius 1 is 1.03 bits per heavy atom. The highest BCUT2D eigenvalue weighted by Gasteiger charge is 2.23. The SMILES string of the molecule is O=C(Nc1cc(C(=O)NCCCn2cccn2)c2c(c1)ncn2C1CCCC1)c1ccccc1. The van der Waals surface area contributed by atoms with Crippen molar-refractivity contribution in [2.24, 2.45) is 0 Å². The lowest BCUT2D eigenvalue weighted by molar-refractivity contribution is 0.0952. The molecule has 1 aliphatic carbocycles. The number of aromatic nitrogens is 4. The molecular weight excluding hydrogens is 428 g/mol. The number of fused-ring (bicyclic) bond motifs is 1. The first kappa shape index (κ1) is 21.9. The molecule has 2 aromatic carbocycles. The van der Waals surface area contributed by atoms with Crippen LogP contribution in [0.5, 0.6) is 0 Å². The number of nitrogens with zero attached hydrogens (tertiary/aromatic N) is 4. The number of carbonyl (C=O) groups is 2. The van der Waals surface area contributed by atoms with Crippen molar-refractivity contribution in [3.63, 3.8) is 0 Å². The average molecular weight is 457 g/mol. The van der Waals surface area contributed by atoms with Crippen LogP contribution < -0.4 is 10.6 Å². The quantitative estimate of drug-likeness (QED) is 0.384. The van der Waals surface area contributed by atoms with Gasteiger partial charge in [0.2, 0.25) is 0 Å². The number of benzene rings is 2. The lowest BCUT2D eigenvalue weighted by Gasteiger charge is -2.16. The zero-order valence-corrected chi connectivity index (χ0v) is 19.0. The molecule has 0 saturated heterocycles. The van der Waals surface area contributed by atoms with Crippen LogP contribution in [0.3, 0.4) is 0 Å². The standard InChI is InChI=1S/C26H28N6O2/c33-25(19-8-2-1-3-9-19)30-20-16-22(26(34)27-12-6-14-31-15-7-13-29-31)24-23(17-20)28-18-32(24)21-10-4-5-11-21/h1-3,7-9,13,15-18,21H,4-6,10-12,14H2,(H,27,34)(H,30,33). The van der Waals surface area contributed by atoms with Gasteiger partial charge in [-0.3, -0.25) is 14.3 Å². The van der Waals surface area contributed by atoms with Crippen molar-refractivity contribution >= 4 is 28.5 Å². The lowest BCUT2D eigenvalue weighted by Crippen LogP contribution is -2.26. The molecule has 0 atom stereocenters. The Hall–Kier alpha value is -3.94. The van der Waals surface area contributed by atoms with E-state index in [1.807, 2.05) is 47.5 Å². The first-order chi connectivity index (χ1) is 16.7. The van der Waals surface area contributed by atoms with Gasteiger partial charge in [-0.15, -0.1) is 0 Å². The monoisotopic (exact) mass is 456 g/mol. The normalized spacial score (nSPS) is 13.9. The van der Waals surface area contributed by atoms with Gasteiger partial charge in [0.15, 0.2) is 0 Å². The summed E-state index contributed by atoms with van der Waals surface area (Å²) in [6.45, 7) is 1.26. The van der Waals surface area contributed by atoms with Crippen LogP contribution in [0.1, 0.15) is 58.9 Å². The number of rotatable bonds is 8. The van der Waals surface area contributed by atoms with E-state index in [1.165, 1.54) is 12.8 Å². The van der Waals surface area contributed by atoms with Crippen molar-refractivity contribution in [3.8, 4) is 0 Å². The van der Waals surface area contributed by atoms with E-state index in [-0.39, 0.29) is 11.8 Å². The van der Waals surface area contributed by atoms with Gasteiger partial charge in [-0.2, -0.15) is 5.10 Å². The van der Waals surface area contributed by atoms with Crippen LogP contribution in [-0.2, 0) is 6.54 Å². The Morgan fingerprint density at radius 3 is 2.62 bits per heavy atom. The number of carbonyl (C=O) groups excluding carboxylic acids is 2. The third-order valence-corrected chi connectivity index (χ3v) is 6.33. The molecule has 1 fully saturated rings. The van der Waals surface area contributed by atoms with Crippen molar-refractivity contribution in [3.05, 3.63) is 78.4 Å². The Balaban J connectivity index is 1.40. The Morgan fingerprint density at radius 2 is 1.85 bits per heavy atom. The van der Waals surface area contributed by atoms with Gasteiger partial charge in [0.1, 0.15) is 0 Å². The molecule has 0 aliphatic heterocycles. The van der Waals surface area contributed by atoms with Gasteiger partial charge in [-0.25, -0.2) is 4.98 Å². The molecule has 4 aromatic rings. The molecule has 2 amide bonds. The van der Waals surface area contributed by atoms with E-state index >= 15 is 0 Å². The van der Waals surface area contributed by atoms with Crippen molar-refractivity contribution in [1.82, 2.24) is 24.6 Å². The first-order valence-electron chi connectivity index (χ1n) is 11.8. The number of amides is 2. The fourth-order valence-electron chi connectivity index (χ4n) is 4.64. The molecule has 2 heterocycles. The molecule has 5 rings (SSSR count). The molecular formula is C26H28N6O2. The fraction of sp³-hybridized carbons (Fsp3) is 0.308. The van der Waals surface area contributed by atoms with Gasteiger partial charge >= 0.3 is 0 Å². The van der Waals surface area contributed by atoms with Gasteiger partial charge in [0, 0.05) is 42.8 Å². The van der Waals surface area contributed by atoms with E-state index in [9.17, 15) is 9.59 Å². The van der Waals surface area contributed by atoms with Crippen LogP contribution in [0.25, 0.3) is 11.0 Å². The molecule has 1 saturated carbocycles. The third kappa shape index (κ3) is 4.71. The van der Waals surface area contributed by atoms with E-state index in [4.69, 9.17) is 0 Å². The minimum Gasteiger partial charge on any atom is -0.352 e. The molecule has 0 radical (unpaired) electrons. The zero-order chi connectivity index (χ0) is 23.3. The largest absolute Gasteiger partial charge is 0.352 e. The van der Waals surface area contributed by atoms with Crippen molar-refractivity contribution in [2.45, 2.75) is 44.7 Å². The van der Waals surface area contributed by atoms with Crippen LogP contribution >= 0.6 is 0 Å². The maximum Gasteiger partial charge on any atom is 0.255 e. The number of aryl methyl sites for hydroxylation is 1. The van der Waals surface area contributed by atoms with E-state index in [1.54, 1.807) is 24.4 Å². The molecule has 2 N–H and O–H groups in total. The summed E-state index contributed by atoms with van der Waals surface area (Å²) in [5.41, 5.74) is 3.18. The lowest BCUT2D eigenvalue weighted by atomic mass is 10.1. The second-order valence-electron chi connectivity index (χ2n) is 8.68. The summed E-state index contributed by atoms with van der Waals surface area (Å²) in [5, 5.41) is 10.2. The maximum atomic E-state index is 13.3. The third-order valence-electron chi connectivity index (χ3n) is 6.33. The Kier molecular flexibility index (Phi) is 6.38. The van der Waals surface area contributed by atoms with Gasteiger partial charge in [-0.1, -0.05) is 31.0 Å². The number of hydrogen-bond donors (Lipinski definition) is 2. The average Bonchev–Trinajstić information content (AvgIpc) is 3.63. The predicted octanol–water partition coefficient (Wildman–Crippen LogP) is 4.42. The maximum absolute atomic E-state index is 13.3. The van der Waals surface area contributed by atoms with Crippen LogP contribution in [0, 0.1) is 0 Å². The summed E-state index contributed by atoms with van der Waals surface area (Å²) in [6, 6.07) is 14.9. The smallest absolute Gasteiger partial charge is 0.255 e. The molecule has 2 aromatic heterocycles. The molecule has 0 spiro atoms. The van der Waals surface area contributed by atoms with Crippen LogP contribution in [0.15, 0.2) is 67.3 Å². The zero-order valence-electron chi connectivity index (χ0n) is 19.0. The molecule has 8 heteroatoms. The second kappa shape index (κ2) is 9.91. The highest BCUT2D eigenvalue weighted by atomic mass is 16.2. The Labute approximate surface area is 198 Å². The molecule has 0 bridgehead atoms. The summed E-state index contributed by atoms with van der Waals surface area (Å²) in [5.74, 6) is -0.387. The highest BCUT2D eigenvalue weighted by molar-refractivity contribution is 6.09. The summed E-state index contributed by atoms with van der Waals surface area (Å²) in [6.07, 6.45) is 10.8. The van der Waals surface area contributed by atoms with Crippen molar-refractivity contribution < 1.29 is 9.59 Å². The van der Waals surface area contributed by atoms with Crippen molar-refractivity contribution in [2.75, 3.05) is 11.9 Å². The van der Waals surface area contributed by atoms with Crippen molar-refractivity contribution in [1.29, 1.82) is 0 Å². The highest BCUT2D eigenvalue weighted by Crippen LogP contribution is 2.34. The summed E-state index contributed by atoms with van der Waals surface area (Å²) in [4.78, 5) is 30.6. The van der Waals surface area contributed by atoms with Gasteiger partial charge in [0.05, 0.1) is 22.9 Å². The molecule has 1 aliphatic rings. The van der Waals surface area contributed by atoms with Crippen LogP contribution in [0.4, 0.5) is 5.69 Å². The fourth-order valence-corrected chi connectivity index (χ4v) is 4.64. The predicted molar refractivity (Wildman–Crippen MR) is 131 cm³/mol. The minimum atomic E-state index is -0.222. The summed E-state index contributed by atoms with van der Waals surface area (Å²) < 4.78 is 3.99. The van der Waals surface area contributed by atoms with E-state index in [2.05, 4.69) is 25.3 Å². The van der Waals surface area contributed by atoms with E-state index in [0.717, 1.165) is 31.3 Å². The first-order valence-corrected chi connectivity index (χ1v) is 11.8. The van der Waals surface area contributed by atoms with Gasteiger partial charge in [-0.05, 0) is 49.6 Å². The number of imidazole rings is 1. The van der Waals surface area contributed by atoms with E-state index in [0.29, 0.717) is 34.9 Å². The van der Waals surface area contributed by atoms with Gasteiger partial charge < -0.3 is 15.2 Å². The summed E-state index contributed by atoms with van der Waals surface area (Å²) >= 11 is 0. The number of anilines is 1. The second-order valence-corrected chi connectivity index (χ2v) is 8.68. The molecule has 34 heavy (non-hydrogen) atoms. The molecule has 8 nitrogen and oxygen atoms in total. The Bertz CT molecular complexity index is 1270.